The second-order valence-electron chi connectivity index (χ2n) is 4.25. The van der Waals surface area contributed by atoms with Crippen LogP contribution in [0.2, 0.25) is 5.02 Å². The molecular weight excluding hydrogens is 238 g/mol. The van der Waals surface area contributed by atoms with Crippen LogP contribution in [0.15, 0.2) is 12.1 Å². The van der Waals surface area contributed by atoms with E-state index in [1.807, 2.05) is 12.1 Å². The number of benzene rings is 1. The van der Waals surface area contributed by atoms with Crippen molar-refractivity contribution >= 4 is 23.6 Å². The van der Waals surface area contributed by atoms with E-state index in [1.54, 1.807) is 7.11 Å². The number of aldehydes is 1. The predicted octanol–water partition coefficient (Wildman–Crippen LogP) is 3.23. The number of ether oxygens (including phenoxy) is 1. The van der Waals surface area contributed by atoms with E-state index in [-0.39, 0.29) is 6.54 Å². The Kier molecular flexibility index (Phi) is 3.89. The summed E-state index contributed by atoms with van der Waals surface area (Å²) in [6.07, 6.45) is 4.49. The highest BCUT2D eigenvalue weighted by molar-refractivity contribution is 6.31. The van der Waals surface area contributed by atoms with Crippen LogP contribution in [0.1, 0.15) is 30.7 Å². The van der Waals surface area contributed by atoms with Crippen molar-refractivity contribution in [1.82, 2.24) is 0 Å². The Labute approximate surface area is 106 Å². The van der Waals surface area contributed by atoms with Gasteiger partial charge >= 0.3 is 0 Å². The Morgan fingerprint density at radius 2 is 2.29 bits per heavy atom. The van der Waals surface area contributed by atoms with Crippen LogP contribution >= 0.6 is 11.6 Å². The van der Waals surface area contributed by atoms with Crippen LogP contribution in [0.25, 0.3) is 0 Å². The third kappa shape index (κ3) is 2.55. The summed E-state index contributed by atoms with van der Waals surface area (Å²) in [6, 6.07) is 3.83. The number of hydrogen-bond donors (Lipinski definition) is 1. The van der Waals surface area contributed by atoms with Gasteiger partial charge in [-0.1, -0.05) is 18.0 Å². The average Bonchev–Trinajstić information content (AvgIpc) is 2.27. The zero-order valence-electron chi connectivity index (χ0n) is 9.83. The standard InChI is InChI=1S/C13H16ClNO2/c1-17-13-8-11(14)10(9-3-2-4-9)7-12(13)15-5-6-16/h6-9,15H,2-5H2,1H3. The molecule has 1 saturated carbocycles. The fourth-order valence-electron chi connectivity index (χ4n) is 2.06. The molecule has 0 atom stereocenters. The molecule has 0 radical (unpaired) electrons. The number of methoxy groups -OCH3 is 1. The van der Waals surface area contributed by atoms with Crippen molar-refractivity contribution in [2.45, 2.75) is 25.2 Å². The van der Waals surface area contributed by atoms with E-state index in [2.05, 4.69) is 5.32 Å². The van der Waals surface area contributed by atoms with Crippen molar-refractivity contribution in [3.63, 3.8) is 0 Å². The highest BCUT2D eigenvalue weighted by Crippen LogP contribution is 2.43. The average molecular weight is 254 g/mol. The number of nitrogens with one attached hydrogen (secondary N) is 1. The Morgan fingerprint density at radius 3 is 2.82 bits per heavy atom. The Morgan fingerprint density at radius 1 is 1.53 bits per heavy atom. The van der Waals surface area contributed by atoms with Crippen molar-refractivity contribution in [2.75, 3.05) is 19.0 Å². The molecule has 4 heteroatoms. The van der Waals surface area contributed by atoms with Crippen molar-refractivity contribution < 1.29 is 9.53 Å². The summed E-state index contributed by atoms with van der Waals surface area (Å²) in [7, 11) is 1.60. The summed E-state index contributed by atoms with van der Waals surface area (Å²) >= 11 is 6.24. The zero-order chi connectivity index (χ0) is 12.3. The fourth-order valence-corrected chi connectivity index (χ4v) is 2.37. The Bertz CT molecular complexity index is 416. The molecule has 0 saturated heterocycles. The first-order valence-corrected chi connectivity index (χ1v) is 6.19. The molecule has 0 amide bonds. The van der Waals surface area contributed by atoms with Gasteiger partial charge < -0.3 is 14.8 Å². The lowest BCUT2D eigenvalue weighted by Crippen LogP contribution is -2.11. The molecule has 1 aliphatic carbocycles. The molecule has 0 bridgehead atoms. The van der Waals surface area contributed by atoms with Crippen LogP contribution in [-0.2, 0) is 4.79 Å². The third-order valence-electron chi connectivity index (χ3n) is 3.24. The van der Waals surface area contributed by atoms with E-state index in [0.717, 1.165) is 22.6 Å². The summed E-state index contributed by atoms with van der Waals surface area (Å²) in [5, 5.41) is 3.79. The molecule has 92 valence electrons. The van der Waals surface area contributed by atoms with E-state index in [4.69, 9.17) is 16.3 Å². The molecule has 0 spiro atoms. The van der Waals surface area contributed by atoms with Gasteiger partial charge in [0.2, 0.25) is 0 Å². The van der Waals surface area contributed by atoms with Crippen molar-refractivity contribution in [1.29, 1.82) is 0 Å². The molecule has 17 heavy (non-hydrogen) atoms. The monoisotopic (exact) mass is 253 g/mol. The maximum atomic E-state index is 10.4. The van der Waals surface area contributed by atoms with Crippen molar-refractivity contribution in [2.24, 2.45) is 0 Å². The quantitative estimate of drug-likeness (QED) is 0.819. The minimum absolute atomic E-state index is 0.280. The molecule has 0 unspecified atom stereocenters. The summed E-state index contributed by atoms with van der Waals surface area (Å²) in [4.78, 5) is 10.4. The van der Waals surface area contributed by atoms with Gasteiger partial charge in [-0.05, 0) is 30.4 Å². The lowest BCUT2D eigenvalue weighted by Gasteiger charge is -2.27. The molecule has 1 aliphatic rings. The van der Waals surface area contributed by atoms with Gasteiger partial charge in [-0.3, -0.25) is 0 Å². The molecule has 3 nitrogen and oxygen atoms in total. The van der Waals surface area contributed by atoms with Gasteiger partial charge in [0.25, 0.3) is 0 Å². The maximum Gasteiger partial charge on any atom is 0.143 e. The van der Waals surface area contributed by atoms with Crippen LogP contribution in [-0.4, -0.2) is 19.9 Å². The first-order chi connectivity index (χ1) is 8.26. The zero-order valence-corrected chi connectivity index (χ0v) is 10.6. The van der Waals surface area contributed by atoms with E-state index < -0.39 is 0 Å². The van der Waals surface area contributed by atoms with Crippen molar-refractivity contribution in [3.05, 3.63) is 22.7 Å². The van der Waals surface area contributed by atoms with Gasteiger partial charge in [-0.2, -0.15) is 0 Å². The lowest BCUT2D eigenvalue weighted by molar-refractivity contribution is -0.106. The summed E-state index contributed by atoms with van der Waals surface area (Å²) in [5.74, 6) is 1.24. The SMILES string of the molecule is COc1cc(Cl)c(C2CCC2)cc1NCC=O. The maximum absolute atomic E-state index is 10.4. The van der Waals surface area contributed by atoms with Gasteiger partial charge in [0.1, 0.15) is 12.0 Å². The summed E-state index contributed by atoms with van der Waals surface area (Å²) < 4.78 is 5.25. The number of rotatable bonds is 5. The van der Waals surface area contributed by atoms with Crippen molar-refractivity contribution in [3.8, 4) is 5.75 Å². The summed E-state index contributed by atoms with van der Waals surface area (Å²) in [6.45, 7) is 0.280. The second-order valence-corrected chi connectivity index (χ2v) is 4.66. The smallest absolute Gasteiger partial charge is 0.143 e. The highest BCUT2D eigenvalue weighted by Gasteiger charge is 2.23. The second kappa shape index (κ2) is 5.41. The number of carbonyl (C=O) groups excluding carboxylic acids is 1. The third-order valence-corrected chi connectivity index (χ3v) is 3.57. The van der Waals surface area contributed by atoms with E-state index in [1.165, 1.54) is 19.3 Å². The molecule has 1 aromatic carbocycles. The molecule has 0 heterocycles. The Hall–Kier alpha value is -1.22. The largest absolute Gasteiger partial charge is 0.495 e. The highest BCUT2D eigenvalue weighted by atomic mass is 35.5. The molecule has 1 N–H and O–H groups in total. The van der Waals surface area contributed by atoms with Crippen LogP contribution in [0.3, 0.4) is 0 Å². The predicted molar refractivity (Wildman–Crippen MR) is 69.1 cm³/mol. The number of anilines is 1. The molecule has 0 aromatic heterocycles. The molecule has 2 rings (SSSR count). The van der Waals surface area contributed by atoms with Gasteiger partial charge in [0, 0.05) is 11.1 Å². The normalized spacial score (nSPS) is 15.2. The van der Waals surface area contributed by atoms with E-state index in [0.29, 0.717) is 11.7 Å². The lowest BCUT2D eigenvalue weighted by atomic mass is 9.80. The first kappa shape index (κ1) is 12.2. The fraction of sp³-hybridized carbons (Fsp3) is 0.462. The molecule has 1 aromatic rings. The minimum Gasteiger partial charge on any atom is -0.495 e. The van der Waals surface area contributed by atoms with Gasteiger partial charge in [0.15, 0.2) is 0 Å². The topological polar surface area (TPSA) is 38.3 Å². The number of halogens is 1. The molecule has 0 aliphatic heterocycles. The van der Waals surface area contributed by atoms with Crippen LogP contribution < -0.4 is 10.1 Å². The van der Waals surface area contributed by atoms with Crippen LogP contribution in [0.4, 0.5) is 5.69 Å². The first-order valence-electron chi connectivity index (χ1n) is 5.81. The molecular formula is C13H16ClNO2. The number of carbonyl (C=O) groups is 1. The number of hydrogen-bond acceptors (Lipinski definition) is 3. The minimum atomic E-state index is 0.280. The molecule has 1 fully saturated rings. The summed E-state index contributed by atoms with van der Waals surface area (Å²) in [5.41, 5.74) is 2.00. The van der Waals surface area contributed by atoms with E-state index >= 15 is 0 Å². The van der Waals surface area contributed by atoms with E-state index in [9.17, 15) is 4.79 Å². The van der Waals surface area contributed by atoms with Gasteiger partial charge in [-0.25, -0.2) is 0 Å². The van der Waals surface area contributed by atoms with Crippen LogP contribution in [0.5, 0.6) is 5.75 Å². The Balaban J connectivity index is 2.30. The van der Waals surface area contributed by atoms with Crippen LogP contribution in [0, 0.1) is 0 Å². The van der Waals surface area contributed by atoms with Gasteiger partial charge in [-0.15, -0.1) is 0 Å². The van der Waals surface area contributed by atoms with Gasteiger partial charge in [0.05, 0.1) is 19.3 Å².